The zero-order valence-corrected chi connectivity index (χ0v) is 13.1. The summed E-state index contributed by atoms with van der Waals surface area (Å²) >= 11 is 3.39. The Bertz CT molecular complexity index is 814. The van der Waals surface area contributed by atoms with E-state index < -0.39 is 0 Å². The van der Waals surface area contributed by atoms with Crippen LogP contribution in [0.2, 0.25) is 0 Å². The molecule has 0 radical (unpaired) electrons. The number of rotatable bonds is 3. The number of hydrogen-bond donors (Lipinski definition) is 1. The number of hydrogen-bond acceptors (Lipinski definition) is 5. The van der Waals surface area contributed by atoms with Crippen molar-refractivity contribution in [3.05, 3.63) is 34.8 Å². The van der Waals surface area contributed by atoms with Crippen LogP contribution in [-0.4, -0.2) is 19.2 Å². The topological polar surface area (TPSA) is 70.5 Å². The van der Waals surface area contributed by atoms with E-state index in [1.54, 1.807) is 26.4 Å². The number of aromatic nitrogens is 1. The molecular weight excluding hydrogens is 336 g/mol. The lowest BCUT2D eigenvalue weighted by molar-refractivity contribution is 0.394. The minimum Gasteiger partial charge on any atom is -0.497 e. The van der Waals surface area contributed by atoms with Crippen LogP contribution in [0.5, 0.6) is 11.5 Å². The molecule has 0 saturated carbocycles. The van der Waals surface area contributed by atoms with E-state index in [2.05, 4.69) is 20.9 Å². The van der Waals surface area contributed by atoms with E-state index in [0.29, 0.717) is 34.2 Å². The molecule has 0 spiro atoms. The molecule has 0 aliphatic rings. The van der Waals surface area contributed by atoms with Gasteiger partial charge in [0.1, 0.15) is 17.0 Å². The first-order chi connectivity index (χ1) is 10.1. The Labute approximate surface area is 129 Å². The summed E-state index contributed by atoms with van der Waals surface area (Å²) in [6.45, 7) is 0. The van der Waals surface area contributed by atoms with E-state index in [1.807, 2.05) is 18.2 Å². The minimum atomic E-state index is 0.453. The number of nitrogens with zero attached hydrogens (tertiary/aromatic N) is 1. The van der Waals surface area contributed by atoms with E-state index in [-0.39, 0.29) is 0 Å². The van der Waals surface area contributed by atoms with Gasteiger partial charge in [-0.15, -0.1) is 0 Å². The van der Waals surface area contributed by atoms with E-state index in [1.165, 1.54) is 0 Å². The molecule has 0 fully saturated rings. The second-order valence-electron chi connectivity index (χ2n) is 4.43. The number of nitrogen functional groups attached to an aromatic ring is 1. The summed E-state index contributed by atoms with van der Waals surface area (Å²) in [5, 5.41) is 0. The summed E-state index contributed by atoms with van der Waals surface area (Å²) in [6, 6.07) is 9.08. The predicted octanol–water partition coefficient (Wildman–Crippen LogP) is 3.86. The third kappa shape index (κ3) is 2.42. The summed E-state index contributed by atoms with van der Waals surface area (Å²) < 4.78 is 17.2. The summed E-state index contributed by atoms with van der Waals surface area (Å²) in [5.41, 5.74) is 8.47. The summed E-state index contributed by atoms with van der Waals surface area (Å²) in [7, 11) is 3.19. The molecule has 0 aliphatic carbocycles. The van der Waals surface area contributed by atoms with E-state index in [0.717, 1.165) is 10.0 Å². The molecule has 3 aromatic rings. The summed E-state index contributed by atoms with van der Waals surface area (Å²) in [5.74, 6) is 1.78. The fourth-order valence-electron chi connectivity index (χ4n) is 2.11. The Morgan fingerprint density at radius 3 is 2.67 bits per heavy atom. The van der Waals surface area contributed by atoms with Crippen molar-refractivity contribution in [3.8, 4) is 23.0 Å². The van der Waals surface area contributed by atoms with Gasteiger partial charge in [0, 0.05) is 10.5 Å². The lowest BCUT2D eigenvalue weighted by Gasteiger charge is -2.07. The van der Waals surface area contributed by atoms with Crippen LogP contribution in [-0.2, 0) is 0 Å². The zero-order chi connectivity index (χ0) is 15.0. The van der Waals surface area contributed by atoms with Crippen molar-refractivity contribution in [3.63, 3.8) is 0 Å². The molecule has 6 heteroatoms. The van der Waals surface area contributed by atoms with Crippen LogP contribution in [0.4, 0.5) is 5.69 Å². The van der Waals surface area contributed by atoms with Crippen LogP contribution in [0.15, 0.2) is 39.2 Å². The number of fused-ring (bicyclic) bond motifs is 1. The van der Waals surface area contributed by atoms with Crippen LogP contribution in [0.25, 0.3) is 22.6 Å². The Morgan fingerprint density at radius 1 is 1.14 bits per heavy atom. The van der Waals surface area contributed by atoms with E-state index >= 15 is 0 Å². The van der Waals surface area contributed by atoms with Gasteiger partial charge in [0.05, 0.1) is 25.5 Å². The second kappa shape index (κ2) is 5.29. The molecule has 1 heterocycles. The molecule has 2 aromatic carbocycles. The molecular formula is C15H13BrN2O3. The Kier molecular flexibility index (Phi) is 3.47. The van der Waals surface area contributed by atoms with Crippen molar-refractivity contribution in [1.82, 2.24) is 4.98 Å². The zero-order valence-electron chi connectivity index (χ0n) is 11.5. The minimum absolute atomic E-state index is 0.453. The van der Waals surface area contributed by atoms with Gasteiger partial charge in [-0.25, -0.2) is 4.98 Å². The molecule has 0 bridgehead atoms. The van der Waals surface area contributed by atoms with Crippen molar-refractivity contribution < 1.29 is 13.9 Å². The van der Waals surface area contributed by atoms with Gasteiger partial charge in [-0.1, -0.05) is 15.9 Å². The number of anilines is 1. The van der Waals surface area contributed by atoms with Crippen LogP contribution in [0, 0.1) is 0 Å². The molecule has 3 rings (SSSR count). The summed E-state index contributed by atoms with van der Waals surface area (Å²) in [4.78, 5) is 4.47. The number of oxazole rings is 1. The third-order valence-electron chi connectivity index (χ3n) is 3.12. The highest BCUT2D eigenvalue weighted by molar-refractivity contribution is 9.10. The van der Waals surface area contributed by atoms with Crippen LogP contribution in [0.1, 0.15) is 0 Å². The highest BCUT2D eigenvalue weighted by Crippen LogP contribution is 2.36. The van der Waals surface area contributed by atoms with E-state index in [9.17, 15) is 0 Å². The number of ether oxygens (including phenoxy) is 2. The molecule has 108 valence electrons. The first-order valence-corrected chi connectivity index (χ1v) is 6.99. The van der Waals surface area contributed by atoms with Gasteiger partial charge in [0.15, 0.2) is 5.58 Å². The lowest BCUT2D eigenvalue weighted by Crippen LogP contribution is -1.90. The molecule has 1 aromatic heterocycles. The molecule has 0 saturated heterocycles. The van der Waals surface area contributed by atoms with Crippen molar-refractivity contribution >= 4 is 32.7 Å². The smallest absolute Gasteiger partial charge is 0.231 e. The predicted molar refractivity (Wildman–Crippen MR) is 84.7 cm³/mol. The Morgan fingerprint density at radius 2 is 1.95 bits per heavy atom. The molecule has 0 amide bonds. The third-order valence-corrected chi connectivity index (χ3v) is 3.58. The lowest BCUT2D eigenvalue weighted by atomic mass is 10.2. The molecule has 0 unspecified atom stereocenters. The summed E-state index contributed by atoms with van der Waals surface area (Å²) in [6.07, 6.45) is 0. The van der Waals surface area contributed by atoms with Gasteiger partial charge in [-0.05, 0) is 24.3 Å². The maximum Gasteiger partial charge on any atom is 0.231 e. The Balaban J connectivity index is 2.18. The van der Waals surface area contributed by atoms with Crippen molar-refractivity contribution in [2.24, 2.45) is 0 Å². The van der Waals surface area contributed by atoms with Crippen molar-refractivity contribution in [2.75, 3.05) is 20.0 Å². The highest BCUT2D eigenvalue weighted by Gasteiger charge is 2.15. The average Bonchev–Trinajstić information content (AvgIpc) is 2.90. The van der Waals surface area contributed by atoms with Gasteiger partial charge in [-0.2, -0.15) is 0 Å². The molecule has 5 nitrogen and oxygen atoms in total. The van der Waals surface area contributed by atoms with Crippen molar-refractivity contribution in [2.45, 2.75) is 0 Å². The first kappa shape index (κ1) is 13.8. The number of halogens is 1. The molecule has 0 atom stereocenters. The van der Waals surface area contributed by atoms with Gasteiger partial charge >= 0.3 is 0 Å². The van der Waals surface area contributed by atoms with Crippen LogP contribution >= 0.6 is 15.9 Å². The maximum atomic E-state index is 5.95. The first-order valence-electron chi connectivity index (χ1n) is 6.20. The van der Waals surface area contributed by atoms with Gasteiger partial charge in [-0.3, -0.25) is 0 Å². The largest absolute Gasteiger partial charge is 0.497 e. The number of methoxy groups -OCH3 is 2. The van der Waals surface area contributed by atoms with Gasteiger partial charge < -0.3 is 19.6 Å². The second-order valence-corrected chi connectivity index (χ2v) is 5.34. The highest BCUT2D eigenvalue weighted by atomic mass is 79.9. The molecule has 2 N–H and O–H groups in total. The van der Waals surface area contributed by atoms with Crippen LogP contribution < -0.4 is 15.2 Å². The van der Waals surface area contributed by atoms with E-state index in [4.69, 9.17) is 19.6 Å². The number of benzene rings is 2. The quantitative estimate of drug-likeness (QED) is 0.727. The van der Waals surface area contributed by atoms with Gasteiger partial charge in [0.25, 0.3) is 0 Å². The molecule has 0 aliphatic heterocycles. The normalized spacial score (nSPS) is 10.8. The molecule has 21 heavy (non-hydrogen) atoms. The SMILES string of the molecule is COc1ccc(-c2nc3cc(Br)cc(N)c3o2)c(OC)c1. The van der Waals surface area contributed by atoms with Gasteiger partial charge in [0.2, 0.25) is 5.89 Å². The maximum absolute atomic E-state index is 5.95. The van der Waals surface area contributed by atoms with Crippen LogP contribution in [0.3, 0.4) is 0 Å². The fourth-order valence-corrected chi connectivity index (χ4v) is 2.58. The standard InChI is InChI=1S/C15H13BrN2O3/c1-19-9-3-4-10(13(7-9)20-2)15-18-12-6-8(16)5-11(17)14(12)21-15/h3-7H,17H2,1-2H3. The fraction of sp³-hybridized carbons (Fsp3) is 0.133. The Hall–Kier alpha value is -2.21. The number of nitrogens with two attached hydrogens (primary N) is 1. The average molecular weight is 349 g/mol. The monoisotopic (exact) mass is 348 g/mol. The van der Waals surface area contributed by atoms with Crippen molar-refractivity contribution in [1.29, 1.82) is 0 Å².